The maximum atomic E-state index is 12.6. The highest BCUT2D eigenvalue weighted by Gasteiger charge is 2.38. The van der Waals surface area contributed by atoms with E-state index in [2.05, 4.69) is 44.5 Å². The lowest BCUT2D eigenvalue weighted by Crippen LogP contribution is -2.47. The van der Waals surface area contributed by atoms with Crippen LogP contribution in [0.4, 0.5) is 0 Å². The first-order valence-electron chi connectivity index (χ1n) is 10.3. The van der Waals surface area contributed by atoms with Crippen LogP contribution in [0.1, 0.15) is 59.6 Å². The fourth-order valence-corrected chi connectivity index (χ4v) is 4.24. The van der Waals surface area contributed by atoms with Crippen molar-refractivity contribution in [3.63, 3.8) is 0 Å². The SMILES string of the molecule is CC(C)N1CCC(N2CCC(Cn3cnc(C(C)(C)C)cc3=O)CC2)C1=O. The van der Waals surface area contributed by atoms with E-state index in [0.717, 1.165) is 51.1 Å². The largest absolute Gasteiger partial charge is 0.339 e. The van der Waals surface area contributed by atoms with Gasteiger partial charge in [-0.25, -0.2) is 4.98 Å². The lowest BCUT2D eigenvalue weighted by molar-refractivity contribution is -0.134. The van der Waals surface area contributed by atoms with Crippen molar-refractivity contribution in [1.29, 1.82) is 0 Å². The highest BCUT2D eigenvalue weighted by atomic mass is 16.2. The van der Waals surface area contributed by atoms with Crippen molar-refractivity contribution >= 4 is 5.91 Å². The highest BCUT2D eigenvalue weighted by Crippen LogP contribution is 2.26. The van der Waals surface area contributed by atoms with Crippen LogP contribution in [0.25, 0.3) is 0 Å². The predicted molar refractivity (Wildman–Crippen MR) is 107 cm³/mol. The molecule has 1 aromatic rings. The van der Waals surface area contributed by atoms with Gasteiger partial charge in [-0.2, -0.15) is 0 Å². The Morgan fingerprint density at radius 1 is 1.11 bits per heavy atom. The zero-order valence-corrected chi connectivity index (χ0v) is 17.4. The Bertz CT molecular complexity index is 726. The monoisotopic (exact) mass is 374 g/mol. The van der Waals surface area contributed by atoms with Gasteiger partial charge in [-0.3, -0.25) is 19.1 Å². The molecule has 0 aromatic carbocycles. The molecule has 0 saturated carbocycles. The average Bonchev–Trinajstić information content (AvgIpc) is 2.98. The standard InChI is InChI=1S/C21H34N4O2/c1-15(2)25-11-8-17(20(25)27)23-9-6-16(7-10-23)13-24-14-22-18(12-19(24)26)21(3,4)5/h12,14-17H,6-11,13H2,1-5H3. The van der Waals surface area contributed by atoms with Crippen LogP contribution in [0.5, 0.6) is 0 Å². The molecule has 0 radical (unpaired) electrons. The zero-order chi connectivity index (χ0) is 19.8. The van der Waals surface area contributed by atoms with E-state index < -0.39 is 0 Å². The summed E-state index contributed by atoms with van der Waals surface area (Å²) in [5.74, 6) is 0.764. The third-order valence-corrected chi connectivity index (χ3v) is 6.03. The van der Waals surface area contributed by atoms with Gasteiger partial charge in [0.25, 0.3) is 5.56 Å². The summed E-state index contributed by atoms with van der Waals surface area (Å²) in [5, 5.41) is 0. The molecular formula is C21H34N4O2. The number of carbonyl (C=O) groups excluding carboxylic acids is 1. The zero-order valence-electron chi connectivity index (χ0n) is 17.4. The molecule has 3 rings (SSSR count). The van der Waals surface area contributed by atoms with E-state index in [1.807, 2.05) is 4.90 Å². The number of hydrogen-bond acceptors (Lipinski definition) is 4. The van der Waals surface area contributed by atoms with Crippen LogP contribution in [0.15, 0.2) is 17.2 Å². The van der Waals surface area contributed by atoms with Crippen molar-refractivity contribution in [2.24, 2.45) is 5.92 Å². The summed E-state index contributed by atoms with van der Waals surface area (Å²) in [6.07, 6.45) is 4.70. The summed E-state index contributed by atoms with van der Waals surface area (Å²) in [4.78, 5) is 33.9. The molecule has 1 atom stereocenters. The van der Waals surface area contributed by atoms with Gasteiger partial charge in [0.2, 0.25) is 5.91 Å². The molecule has 6 heteroatoms. The summed E-state index contributed by atoms with van der Waals surface area (Å²) < 4.78 is 1.75. The molecule has 0 aliphatic carbocycles. The smallest absolute Gasteiger partial charge is 0.253 e. The van der Waals surface area contributed by atoms with Crippen LogP contribution in [-0.2, 0) is 16.8 Å². The second kappa shape index (κ2) is 7.74. The Morgan fingerprint density at radius 2 is 1.78 bits per heavy atom. The number of hydrogen-bond donors (Lipinski definition) is 0. The fourth-order valence-electron chi connectivity index (χ4n) is 4.24. The number of rotatable bonds is 4. The maximum absolute atomic E-state index is 12.6. The van der Waals surface area contributed by atoms with E-state index >= 15 is 0 Å². The molecule has 1 unspecified atom stereocenters. The Morgan fingerprint density at radius 3 is 2.30 bits per heavy atom. The van der Waals surface area contributed by atoms with E-state index in [9.17, 15) is 9.59 Å². The molecule has 0 bridgehead atoms. The minimum atomic E-state index is -0.110. The normalized spacial score (nSPS) is 22.8. The molecule has 150 valence electrons. The van der Waals surface area contributed by atoms with Crippen molar-refractivity contribution in [3.8, 4) is 0 Å². The Balaban J connectivity index is 1.56. The third-order valence-electron chi connectivity index (χ3n) is 6.03. The van der Waals surface area contributed by atoms with Crippen LogP contribution in [-0.4, -0.2) is 57.0 Å². The van der Waals surface area contributed by atoms with E-state index in [0.29, 0.717) is 11.8 Å². The van der Waals surface area contributed by atoms with Crippen LogP contribution < -0.4 is 5.56 Å². The topological polar surface area (TPSA) is 58.4 Å². The van der Waals surface area contributed by atoms with E-state index in [1.165, 1.54) is 0 Å². The van der Waals surface area contributed by atoms with Gasteiger partial charge in [-0.05, 0) is 52.1 Å². The molecule has 1 amide bonds. The van der Waals surface area contributed by atoms with Gasteiger partial charge < -0.3 is 4.90 Å². The van der Waals surface area contributed by atoms with Gasteiger partial charge in [0.1, 0.15) is 0 Å². The molecule has 0 spiro atoms. The predicted octanol–water partition coefficient (Wildman–Crippen LogP) is 2.26. The lowest BCUT2D eigenvalue weighted by Gasteiger charge is -2.35. The van der Waals surface area contributed by atoms with E-state index in [-0.39, 0.29) is 23.1 Å². The van der Waals surface area contributed by atoms with E-state index in [1.54, 1.807) is 17.0 Å². The first-order valence-corrected chi connectivity index (χ1v) is 10.3. The number of carbonyl (C=O) groups is 1. The number of amides is 1. The summed E-state index contributed by atoms with van der Waals surface area (Å²) in [6, 6.07) is 2.02. The van der Waals surface area contributed by atoms with Crippen molar-refractivity contribution in [1.82, 2.24) is 19.4 Å². The molecule has 2 aliphatic rings. The van der Waals surface area contributed by atoms with Crippen LogP contribution in [0.3, 0.4) is 0 Å². The second-order valence-electron chi connectivity index (χ2n) is 9.42. The molecule has 27 heavy (non-hydrogen) atoms. The molecule has 2 aliphatic heterocycles. The number of piperidine rings is 1. The molecule has 6 nitrogen and oxygen atoms in total. The maximum Gasteiger partial charge on any atom is 0.253 e. The van der Waals surface area contributed by atoms with Gasteiger partial charge in [0, 0.05) is 30.6 Å². The quantitative estimate of drug-likeness (QED) is 0.811. The van der Waals surface area contributed by atoms with Crippen LogP contribution in [0, 0.1) is 5.92 Å². The lowest BCUT2D eigenvalue weighted by atomic mass is 9.92. The van der Waals surface area contributed by atoms with Crippen molar-refractivity contribution in [3.05, 3.63) is 28.4 Å². The van der Waals surface area contributed by atoms with Gasteiger partial charge >= 0.3 is 0 Å². The van der Waals surface area contributed by atoms with Gasteiger partial charge in [-0.1, -0.05) is 20.8 Å². The first-order chi connectivity index (χ1) is 12.7. The Hall–Kier alpha value is -1.69. The van der Waals surface area contributed by atoms with E-state index in [4.69, 9.17) is 0 Å². The molecule has 2 saturated heterocycles. The summed E-state index contributed by atoms with van der Waals surface area (Å²) in [6.45, 7) is 13.9. The number of likely N-dealkylation sites (tertiary alicyclic amines) is 2. The Labute approximate surface area is 162 Å². The summed E-state index contributed by atoms with van der Waals surface area (Å²) >= 11 is 0. The minimum absolute atomic E-state index is 0.0379. The van der Waals surface area contributed by atoms with Gasteiger partial charge in [0.05, 0.1) is 18.1 Å². The minimum Gasteiger partial charge on any atom is -0.339 e. The summed E-state index contributed by atoms with van der Waals surface area (Å²) in [7, 11) is 0. The molecule has 3 heterocycles. The van der Waals surface area contributed by atoms with Crippen LogP contribution >= 0.6 is 0 Å². The number of nitrogens with zero attached hydrogens (tertiary/aromatic N) is 4. The Kier molecular flexibility index (Phi) is 5.75. The molecule has 1 aromatic heterocycles. The summed E-state index contributed by atoms with van der Waals surface area (Å²) in [5.41, 5.74) is 0.769. The fraction of sp³-hybridized carbons (Fsp3) is 0.762. The van der Waals surface area contributed by atoms with Gasteiger partial charge in [-0.15, -0.1) is 0 Å². The number of aromatic nitrogens is 2. The molecular weight excluding hydrogens is 340 g/mol. The second-order valence-corrected chi connectivity index (χ2v) is 9.42. The highest BCUT2D eigenvalue weighted by molar-refractivity contribution is 5.84. The average molecular weight is 375 g/mol. The van der Waals surface area contributed by atoms with Crippen molar-refractivity contribution < 1.29 is 4.79 Å². The first kappa shape index (κ1) is 20.1. The molecule has 0 N–H and O–H groups in total. The van der Waals surface area contributed by atoms with Crippen molar-refractivity contribution in [2.45, 2.75) is 77.9 Å². The molecule has 2 fully saturated rings. The van der Waals surface area contributed by atoms with Crippen molar-refractivity contribution in [2.75, 3.05) is 19.6 Å². The van der Waals surface area contributed by atoms with Crippen LogP contribution in [0.2, 0.25) is 0 Å². The third kappa shape index (κ3) is 4.42. The van der Waals surface area contributed by atoms with Gasteiger partial charge in [0.15, 0.2) is 0 Å².